The highest BCUT2D eigenvalue weighted by Crippen LogP contribution is 2.25. The first-order valence-corrected chi connectivity index (χ1v) is 8.25. The van der Waals surface area contributed by atoms with E-state index in [-0.39, 0.29) is 0 Å². The van der Waals surface area contributed by atoms with Crippen molar-refractivity contribution in [2.75, 3.05) is 0 Å². The van der Waals surface area contributed by atoms with Crippen molar-refractivity contribution in [2.45, 2.75) is 38.5 Å². The second kappa shape index (κ2) is 6.87. The fourth-order valence-corrected chi connectivity index (χ4v) is 3.52. The lowest BCUT2D eigenvalue weighted by Gasteiger charge is -2.02. The monoisotopic (exact) mass is 324 g/mol. The summed E-state index contributed by atoms with van der Waals surface area (Å²) in [7, 11) is 0. The molecule has 0 unspecified atom stereocenters. The molecule has 0 bridgehead atoms. The number of aryl methyl sites for hydroxylation is 3. The smallest absolute Gasteiger partial charge is 0.335 e. The van der Waals surface area contributed by atoms with Crippen LogP contribution in [0.5, 0.6) is 0 Å². The van der Waals surface area contributed by atoms with Crippen molar-refractivity contribution in [1.29, 1.82) is 0 Å². The van der Waals surface area contributed by atoms with E-state index < -0.39 is 11.9 Å². The van der Waals surface area contributed by atoms with Crippen molar-refractivity contribution in [2.24, 2.45) is 0 Å². The Balaban J connectivity index is 0.000000141. The van der Waals surface area contributed by atoms with Crippen molar-refractivity contribution in [1.82, 2.24) is 0 Å². The van der Waals surface area contributed by atoms with Gasteiger partial charge in [0, 0.05) is 0 Å². The van der Waals surface area contributed by atoms with Crippen LogP contribution in [0.15, 0.2) is 36.4 Å². The SMILES string of the molecule is O=C(O)c1ccc2c(c1)CCC2.O=C(O)c1cccc2c1CCC2. The van der Waals surface area contributed by atoms with Gasteiger partial charge in [0.1, 0.15) is 0 Å². The maximum absolute atomic E-state index is 10.8. The Bertz CT molecular complexity index is 792. The lowest BCUT2D eigenvalue weighted by molar-refractivity contribution is 0.0685. The molecule has 24 heavy (non-hydrogen) atoms. The maximum atomic E-state index is 10.8. The van der Waals surface area contributed by atoms with Gasteiger partial charge in [0.15, 0.2) is 0 Å². The molecule has 2 aromatic carbocycles. The summed E-state index contributed by atoms with van der Waals surface area (Å²) < 4.78 is 0. The summed E-state index contributed by atoms with van der Waals surface area (Å²) in [4.78, 5) is 21.4. The van der Waals surface area contributed by atoms with Crippen LogP contribution in [0.3, 0.4) is 0 Å². The van der Waals surface area contributed by atoms with Gasteiger partial charge in [-0.25, -0.2) is 9.59 Å². The Morgan fingerprint density at radius 1 is 0.750 bits per heavy atom. The number of rotatable bonds is 2. The topological polar surface area (TPSA) is 74.6 Å². The van der Waals surface area contributed by atoms with Gasteiger partial charge in [0.25, 0.3) is 0 Å². The molecule has 2 N–H and O–H groups in total. The number of carboxylic acids is 2. The first-order chi connectivity index (χ1) is 11.6. The number of carboxylic acid groups (broad SMARTS) is 2. The zero-order valence-electron chi connectivity index (χ0n) is 13.4. The Labute approximate surface area is 140 Å². The van der Waals surface area contributed by atoms with E-state index in [1.165, 1.54) is 23.1 Å². The average Bonchev–Trinajstić information content (AvgIpc) is 3.22. The summed E-state index contributed by atoms with van der Waals surface area (Å²) in [6.07, 6.45) is 6.37. The number of benzene rings is 2. The molecule has 0 saturated carbocycles. The van der Waals surface area contributed by atoms with Crippen LogP contribution < -0.4 is 0 Å². The molecule has 0 spiro atoms. The highest BCUT2D eigenvalue weighted by atomic mass is 16.4. The van der Waals surface area contributed by atoms with Gasteiger partial charge < -0.3 is 10.2 Å². The second-order valence-corrected chi connectivity index (χ2v) is 6.24. The van der Waals surface area contributed by atoms with Gasteiger partial charge >= 0.3 is 11.9 Å². The summed E-state index contributed by atoms with van der Waals surface area (Å²) in [5, 5.41) is 17.6. The van der Waals surface area contributed by atoms with Crippen LogP contribution in [0.25, 0.3) is 0 Å². The summed E-state index contributed by atoms with van der Waals surface area (Å²) in [5.41, 5.74) is 5.70. The minimum Gasteiger partial charge on any atom is -0.478 e. The Kier molecular flexibility index (Phi) is 4.65. The van der Waals surface area contributed by atoms with Crippen LogP contribution in [0, 0.1) is 0 Å². The van der Waals surface area contributed by atoms with E-state index in [1.807, 2.05) is 18.2 Å². The molecule has 4 nitrogen and oxygen atoms in total. The van der Waals surface area contributed by atoms with Gasteiger partial charge in [0.05, 0.1) is 11.1 Å². The highest BCUT2D eigenvalue weighted by Gasteiger charge is 2.17. The first kappa shape index (κ1) is 16.2. The van der Waals surface area contributed by atoms with E-state index in [1.54, 1.807) is 18.2 Å². The summed E-state index contributed by atoms with van der Waals surface area (Å²) in [6, 6.07) is 11.0. The molecule has 2 aliphatic rings. The van der Waals surface area contributed by atoms with Crippen molar-refractivity contribution in [3.63, 3.8) is 0 Å². The van der Waals surface area contributed by atoms with Gasteiger partial charge in [0.2, 0.25) is 0 Å². The number of carbonyl (C=O) groups is 2. The lowest BCUT2D eigenvalue weighted by atomic mass is 10.0. The molecule has 2 aliphatic carbocycles. The van der Waals surface area contributed by atoms with Gasteiger partial charge in [-0.05, 0) is 79.0 Å². The second-order valence-electron chi connectivity index (χ2n) is 6.24. The molecule has 0 saturated heterocycles. The van der Waals surface area contributed by atoms with Gasteiger partial charge in [-0.15, -0.1) is 0 Å². The van der Waals surface area contributed by atoms with E-state index in [2.05, 4.69) is 0 Å². The van der Waals surface area contributed by atoms with E-state index in [0.717, 1.165) is 37.7 Å². The van der Waals surface area contributed by atoms with Gasteiger partial charge in [-0.3, -0.25) is 0 Å². The molecule has 0 aromatic heterocycles. The molecule has 0 fully saturated rings. The lowest BCUT2D eigenvalue weighted by Crippen LogP contribution is -2.01. The molecule has 124 valence electrons. The molecule has 2 aromatic rings. The first-order valence-electron chi connectivity index (χ1n) is 8.25. The molecule has 0 radical (unpaired) electrons. The number of hydrogen-bond donors (Lipinski definition) is 2. The van der Waals surface area contributed by atoms with E-state index in [4.69, 9.17) is 10.2 Å². The molecule has 4 rings (SSSR count). The van der Waals surface area contributed by atoms with Gasteiger partial charge in [-0.2, -0.15) is 0 Å². The zero-order valence-corrected chi connectivity index (χ0v) is 13.4. The third kappa shape index (κ3) is 3.32. The van der Waals surface area contributed by atoms with E-state index in [9.17, 15) is 9.59 Å². The van der Waals surface area contributed by atoms with Crippen molar-refractivity contribution < 1.29 is 19.8 Å². The van der Waals surface area contributed by atoms with Crippen molar-refractivity contribution in [3.05, 3.63) is 69.8 Å². The number of fused-ring (bicyclic) bond motifs is 2. The minimum atomic E-state index is -0.829. The number of aromatic carboxylic acids is 2. The summed E-state index contributed by atoms with van der Waals surface area (Å²) >= 11 is 0. The van der Waals surface area contributed by atoms with E-state index >= 15 is 0 Å². The highest BCUT2D eigenvalue weighted by molar-refractivity contribution is 5.90. The van der Waals surface area contributed by atoms with E-state index in [0.29, 0.717) is 11.1 Å². The van der Waals surface area contributed by atoms with Crippen LogP contribution in [0.4, 0.5) is 0 Å². The van der Waals surface area contributed by atoms with Gasteiger partial charge in [-0.1, -0.05) is 18.2 Å². The van der Waals surface area contributed by atoms with Crippen molar-refractivity contribution in [3.8, 4) is 0 Å². The van der Waals surface area contributed by atoms with Crippen LogP contribution in [-0.4, -0.2) is 22.2 Å². The molecule has 0 aliphatic heterocycles. The zero-order chi connectivity index (χ0) is 17.1. The molecule has 4 heteroatoms. The quantitative estimate of drug-likeness (QED) is 0.882. The molecule has 0 atom stereocenters. The normalized spacial score (nSPS) is 14.3. The molecule has 0 heterocycles. The van der Waals surface area contributed by atoms with Crippen molar-refractivity contribution >= 4 is 11.9 Å². The third-order valence-electron chi connectivity index (χ3n) is 4.72. The summed E-state index contributed by atoms with van der Waals surface area (Å²) in [5.74, 6) is -1.63. The van der Waals surface area contributed by atoms with Crippen LogP contribution >= 0.6 is 0 Å². The molecular weight excluding hydrogens is 304 g/mol. The predicted molar refractivity (Wildman–Crippen MR) is 90.9 cm³/mol. The van der Waals surface area contributed by atoms with Crippen LogP contribution in [0.2, 0.25) is 0 Å². The summed E-state index contributed by atoms with van der Waals surface area (Å²) in [6.45, 7) is 0. The maximum Gasteiger partial charge on any atom is 0.335 e. The minimum absolute atomic E-state index is 0.413. The molecule has 0 amide bonds. The van der Waals surface area contributed by atoms with Crippen LogP contribution in [-0.2, 0) is 25.7 Å². The van der Waals surface area contributed by atoms with Crippen LogP contribution in [0.1, 0.15) is 55.8 Å². The third-order valence-corrected chi connectivity index (χ3v) is 4.72. The Morgan fingerprint density at radius 2 is 1.46 bits per heavy atom. The Hall–Kier alpha value is -2.62. The fourth-order valence-electron chi connectivity index (χ4n) is 3.52. The fraction of sp³-hybridized carbons (Fsp3) is 0.300. The average molecular weight is 324 g/mol. The number of hydrogen-bond acceptors (Lipinski definition) is 2. The Morgan fingerprint density at radius 3 is 2.21 bits per heavy atom. The molecular formula is C20H20O4. The predicted octanol–water partition coefficient (Wildman–Crippen LogP) is 3.75. The standard InChI is InChI=1S/2C10H10O2/c11-10(12)9-6-2-4-7-3-1-5-8(7)9;11-10(12)9-5-4-7-2-1-3-8(7)6-9/h2,4,6H,1,3,5H2,(H,11,12);4-6H,1-3H2,(H,11,12). The largest absolute Gasteiger partial charge is 0.478 e.